The van der Waals surface area contributed by atoms with Gasteiger partial charge in [0.25, 0.3) is 0 Å². The lowest BCUT2D eigenvalue weighted by Crippen LogP contribution is -2.39. The minimum Gasteiger partial charge on any atom is -0.383 e. The van der Waals surface area contributed by atoms with Gasteiger partial charge in [-0.2, -0.15) is 0 Å². The van der Waals surface area contributed by atoms with Crippen molar-refractivity contribution < 1.29 is 9.53 Å². The standard InChI is InChI=1S/C14H20BrNO2S/c1-18-9-8-16(7-6-15)14(17)12-3-2-4-13-11(12)5-10-19-13/h5,10,12H,2-4,6-9H2,1H3. The van der Waals surface area contributed by atoms with E-state index in [1.165, 1.54) is 10.4 Å². The van der Waals surface area contributed by atoms with E-state index in [1.807, 2.05) is 4.90 Å². The van der Waals surface area contributed by atoms with E-state index in [9.17, 15) is 4.79 Å². The molecule has 0 fully saturated rings. The molecule has 1 aromatic rings. The molecule has 1 aliphatic carbocycles. The first kappa shape index (κ1) is 15.0. The number of alkyl halides is 1. The second kappa shape index (κ2) is 7.41. The highest BCUT2D eigenvalue weighted by Crippen LogP contribution is 2.36. The van der Waals surface area contributed by atoms with Gasteiger partial charge >= 0.3 is 0 Å². The van der Waals surface area contributed by atoms with Crippen molar-refractivity contribution in [1.29, 1.82) is 0 Å². The molecule has 1 aromatic heterocycles. The van der Waals surface area contributed by atoms with Gasteiger partial charge in [0.05, 0.1) is 12.5 Å². The fraction of sp³-hybridized carbons (Fsp3) is 0.643. The van der Waals surface area contributed by atoms with E-state index in [4.69, 9.17) is 4.74 Å². The monoisotopic (exact) mass is 345 g/mol. The van der Waals surface area contributed by atoms with Gasteiger partial charge in [-0.05, 0) is 36.3 Å². The normalized spacial score (nSPS) is 18.1. The van der Waals surface area contributed by atoms with Gasteiger partial charge in [0, 0.05) is 30.4 Å². The zero-order valence-electron chi connectivity index (χ0n) is 11.2. The van der Waals surface area contributed by atoms with Crippen LogP contribution in [-0.2, 0) is 16.0 Å². The Kier molecular flexibility index (Phi) is 5.85. The molecular formula is C14H20BrNO2S. The summed E-state index contributed by atoms with van der Waals surface area (Å²) in [5.41, 5.74) is 1.26. The van der Waals surface area contributed by atoms with Crippen LogP contribution in [0.25, 0.3) is 0 Å². The number of amides is 1. The predicted octanol–water partition coefficient (Wildman–Crippen LogP) is 3.04. The number of nitrogens with zero attached hydrogens (tertiary/aromatic N) is 1. The third-order valence-electron chi connectivity index (χ3n) is 3.58. The van der Waals surface area contributed by atoms with Crippen LogP contribution in [0.4, 0.5) is 0 Å². The molecule has 0 bridgehead atoms. The van der Waals surface area contributed by atoms with Crippen LogP contribution in [0.15, 0.2) is 11.4 Å². The molecule has 1 heterocycles. The van der Waals surface area contributed by atoms with Crippen molar-refractivity contribution in [3.8, 4) is 0 Å². The zero-order chi connectivity index (χ0) is 13.7. The van der Waals surface area contributed by atoms with Crippen LogP contribution in [-0.4, -0.2) is 42.9 Å². The van der Waals surface area contributed by atoms with Crippen molar-refractivity contribution in [2.24, 2.45) is 0 Å². The fourth-order valence-corrected chi connectivity index (χ4v) is 4.01. The summed E-state index contributed by atoms with van der Waals surface area (Å²) >= 11 is 5.21. The van der Waals surface area contributed by atoms with E-state index >= 15 is 0 Å². The van der Waals surface area contributed by atoms with Gasteiger partial charge in [-0.1, -0.05) is 15.9 Å². The average molecular weight is 346 g/mol. The molecule has 19 heavy (non-hydrogen) atoms. The molecule has 1 unspecified atom stereocenters. The SMILES string of the molecule is COCCN(CCBr)C(=O)C1CCCc2sccc21. The summed E-state index contributed by atoms with van der Waals surface area (Å²) in [6.45, 7) is 2.02. The summed E-state index contributed by atoms with van der Waals surface area (Å²) < 4.78 is 5.10. The van der Waals surface area contributed by atoms with Crippen LogP contribution in [0, 0.1) is 0 Å². The molecule has 5 heteroatoms. The largest absolute Gasteiger partial charge is 0.383 e. The Morgan fingerprint density at radius 2 is 2.42 bits per heavy atom. The van der Waals surface area contributed by atoms with Crippen molar-refractivity contribution >= 4 is 33.2 Å². The molecule has 0 N–H and O–H groups in total. The quantitative estimate of drug-likeness (QED) is 0.741. The summed E-state index contributed by atoms with van der Waals surface area (Å²) in [6, 6.07) is 2.13. The summed E-state index contributed by atoms with van der Waals surface area (Å²) in [7, 11) is 1.67. The second-order valence-corrected chi connectivity index (χ2v) is 6.54. The summed E-state index contributed by atoms with van der Waals surface area (Å²) in [5, 5.41) is 2.92. The summed E-state index contributed by atoms with van der Waals surface area (Å²) in [6.07, 6.45) is 3.23. The lowest BCUT2D eigenvalue weighted by molar-refractivity contribution is -0.133. The van der Waals surface area contributed by atoms with Crippen LogP contribution in [0.1, 0.15) is 29.2 Å². The maximum absolute atomic E-state index is 12.7. The fourth-order valence-electron chi connectivity index (χ4n) is 2.60. The molecule has 0 aromatic carbocycles. The van der Waals surface area contributed by atoms with Crippen molar-refractivity contribution in [1.82, 2.24) is 4.90 Å². The van der Waals surface area contributed by atoms with Crippen LogP contribution in [0.3, 0.4) is 0 Å². The zero-order valence-corrected chi connectivity index (χ0v) is 13.6. The van der Waals surface area contributed by atoms with Gasteiger partial charge in [-0.15, -0.1) is 11.3 Å². The molecule has 3 nitrogen and oxygen atoms in total. The Morgan fingerprint density at radius 1 is 1.58 bits per heavy atom. The average Bonchev–Trinajstić information content (AvgIpc) is 2.91. The number of fused-ring (bicyclic) bond motifs is 1. The highest BCUT2D eigenvalue weighted by molar-refractivity contribution is 9.09. The number of methoxy groups -OCH3 is 1. The molecule has 0 aliphatic heterocycles. The number of rotatable bonds is 6. The number of aryl methyl sites for hydroxylation is 1. The topological polar surface area (TPSA) is 29.5 Å². The molecule has 0 saturated heterocycles. The molecule has 0 spiro atoms. The van der Waals surface area contributed by atoms with Gasteiger partial charge in [0.15, 0.2) is 0 Å². The van der Waals surface area contributed by atoms with E-state index in [2.05, 4.69) is 27.4 Å². The van der Waals surface area contributed by atoms with Crippen molar-refractivity contribution in [2.75, 3.05) is 32.1 Å². The number of ether oxygens (including phenoxy) is 1. The second-order valence-electron chi connectivity index (χ2n) is 4.75. The first-order valence-corrected chi connectivity index (χ1v) is 8.68. The molecule has 1 aliphatic rings. The smallest absolute Gasteiger partial charge is 0.230 e. The van der Waals surface area contributed by atoms with Crippen LogP contribution in [0.2, 0.25) is 0 Å². The van der Waals surface area contributed by atoms with Gasteiger partial charge in [0.2, 0.25) is 5.91 Å². The van der Waals surface area contributed by atoms with E-state index in [1.54, 1.807) is 18.4 Å². The molecule has 0 saturated carbocycles. The number of hydrogen-bond donors (Lipinski definition) is 0. The van der Waals surface area contributed by atoms with Gasteiger partial charge in [0.1, 0.15) is 0 Å². The molecule has 1 amide bonds. The van der Waals surface area contributed by atoms with E-state index in [-0.39, 0.29) is 11.8 Å². The number of halogens is 1. The number of hydrogen-bond acceptors (Lipinski definition) is 3. The van der Waals surface area contributed by atoms with Crippen molar-refractivity contribution in [2.45, 2.75) is 25.2 Å². The Morgan fingerprint density at radius 3 is 3.16 bits per heavy atom. The highest BCUT2D eigenvalue weighted by atomic mass is 79.9. The maximum atomic E-state index is 12.7. The van der Waals surface area contributed by atoms with Gasteiger partial charge in [-0.25, -0.2) is 0 Å². The Balaban J connectivity index is 2.09. The summed E-state index contributed by atoms with van der Waals surface area (Å²) in [5.74, 6) is 0.321. The van der Waals surface area contributed by atoms with Crippen LogP contribution in [0.5, 0.6) is 0 Å². The van der Waals surface area contributed by atoms with Crippen LogP contribution < -0.4 is 0 Å². The Bertz CT molecular complexity index is 421. The van der Waals surface area contributed by atoms with E-state index in [0.29, 0.717) is 13.2 Å². The molecule has 0 radical (unpaired) electrons. The number of carbonyl (C=O) groups excluding carboxylic acids is 1. The van der Waals surface area contributed by atoms with Crippen molar-refractivity contribution in [3.63, 3.8) is 0 Å². The molecular weight excluding hydrogens is 326 g/mol. The lowest BCUT2D eigenvalue weighted by Gasteiger charge is -2.29. The lowest BCUT2D eigenvalue weighted by atomic mass is 9.86. The Labute approximate surface area is 127 Å². The first-order valence-electron chi connectivity index (χ1n) is 6.68. The van der Waals surface area contributed by atoms with E-state index in [0.717, 1.165) is 31.1 Å². The van der Waals surface area contributed by atoms with Crippen LogP contribution >= 0.6 is 27.3 Å². The van der Waals surface area contributed by atoms with Gasteiger partial charge in [-0.3, -0.25) is 4.79 Å². The van der Waals surface area contributed by atoms with Crippen molar-refractivity contribution in [3.05, 3.63) is 21.9 Å². The molecule has 1 atom stereocenters. The third-order valence-corrected chi connectivity index (χ3v) is 4.93. The van der Waals surface area contributed by atoms with Gasteiger partial charge < -0.3 is 9.64 Å². The number of thiophene rings is 1. The summed E-state index contributed by atoms with van der Waals surface area (Å²) in [4.78, 5) is 16.0. The predicted molar refractivity (Wildman–Crippen MR) is 82.2 cm³/mol. The highest BCUT2D eigenvalue weighted by Gasteiger charge is 2.30. The number of carbonyl (C=O) groups is 1. The minimum absolute atomic E-state index is 0.0610. The van der Waals surface area contributed by atoms with E-state index < -0.39 is 0 Å². The Hall–Kier alpha value is -0.390. The molecule has 2 rings (SSSR count). The first-order chi connectivity index (χ1) is 9.27. The minimum atomic E-state index is 0.0610. The third kappa shape index (κ3) is 3.58. The maximum Gasteiger partial charge on any atom is 0.230 e. The molecule has 106 valence electrons.